The van der Waals surface area contributed by atoms with E-state index in [1.807, 2.05) is 0 Å². The van der Waals surface area contributed by atoms with Crippen LogP contribution in [-0.4, -0.2) is 10.1 Å². The number of aliphatic hydroxyl groups is 1. The van der Waals surface area contributed by atoms with Crippen molar-refractivity contribution >= 4 is 22.9 Å². The molecular weight excluding hydrogens is 237 g/mol. The van der Waals surface area contributed by atoms with Crippen molar-refractivity contribution in [3.63, 3.8) is 0 Å². The van der Waals surface area contributed by atoms with Gasteiger partial charge in [-0.15, -0.1) is 11.3 Å². The predicted octanol–water partition coefficient (Wildman–Crippen LogP) is 3.09. The maximum atomic E-state index is 13.6. The maximum absolute atomic E-state index is 13.6. The molecule has 78 valence electrons. The molecule has 1 aromatic heterocycles. The minimum atomic E-state index is -0.474. The Kier molecular flexibility index (Phi) is 3.00. The van der Waals surface area contributed by atoms with E-state index in [1.165, 1.54) is 23.6 Å². The normalized spacial score (nSPS) is 10.6. The van der Waals surface area contributed by atoms with Crippen molar-refractivity contribution in [1.82, 2.24) is 4.98 Å². The van der Waals surface area contributed by atoms with Crippen LogP contribution in [0, 0.1) is 5.82 Å². The van der Waals surface area contributed by atoms with E-state index in [4.69, 9.17) is 16.7 Å². The maximum Gasteiger partial charge on any atom is 0.152 e. The Labute approximate surface area is 95.0 Å². The van der Waals surface area contributed by atoms with Gasteiger partial charge in [-0.3, -0.25) is 0 Å². The largest absolute Gasteiger partial charge is 0.391 e. The standard InChI is InChI=1S/C10H7ClFNOS/c11-8-3-1-2-7(9(8)12)10-13-4-6(5-14)15-10/h1-4,14H,5H2. The molecule has 2 rings (SSSR count). The molecule has 0 amide bonds. The third kappa shape index (κ3) is 2.02. The van der Waals surface area contributed by atoms with Crippen molar-refractivity contribution in [3.05, 3.63) is 40.1 Å². The minimum absolute atomic E-state index is 0.0771. The minimum Gasteiger partial charge on any atom is -0.391 e. The second-order valence-electron chi connectivity index (χ2n) is 2.89. The van der Waals surface area contributed by atoms with E-state index in [9.17, 15) is 4.39 Å². The average molecular weight is 244 g/mol. The van der Waals surface area contributed by atoms with Crippen LogP contribution in [0.2, 0.25) is 5.02 Å². The summed E-state index contributed by atoms with van der Waals surface area (Å²) >= 11 is 6.91. The highest BCUT2D eigenvalue weighted by Crippen LogP contribution is 2.30. The molecule has 1 aromatic carbocycles. The second-order valence-corrected chi connectivity index (χ2v) is 4.41. The molecule has 15 heavy (non-hydrogen) atoms. The Bertz CT molecular complexity index is 486. The smallest absolute Gasteiger partial charge is 0.152 e. The zero-order valence-corrected chi connectivity index (χ0v) is 9.15. The van der Waals surface area contributed by atoms with Crippen molar-refractivity contribution in [2.24, 2.45) is 0 Å². The molecule has 5 heteroatoms. The Hall–Kier alpha value is -0.970. The van der Waals surface area contributed by atoms with E-state index < -0.39 is 5.82 Å². The summed E-state index contributed by atoms with van der Waals surface area (Å²) in [7, 11) is 0. The summed E-state index contributed by atoms with van der Waals surface area (Å²) in [5, 5.41) is 9.48. The molecular formula is C10H7ClFNOS. The van der Waals surface area contributed by atoms with Crippen molar-refractivity contribution < 1.29 is 9.50 Å². The van der Waals surface area contributed by atoms with Gasteiger partial charge in [0.15, 0.2) is 5.82 Å². The Balaban J connectivity index is 2.49. The molecule has 0 aliphatic carbocycles. The van der Waals surface area contributed by atoms with Crippen LogP contribution in [0.5, 0.6) is 0 Å². The summed E-state index contributed by atoms with van der Waals surface area (Å²) in [6.07, 6.45) is 1.53. The molecule has 0 atom stereocenters. The molecule has 0 saturated carbocycles. The fourth-order valence-electron chi connectivity index (χ4n) is 1.17. The number of halogens is 2. The number of aromatic nitrogens is 1. The third-order valence-electron chi connectivity index (χ3n) is 1.89. The zero-order valence-electron chi connectivity index (χ0n) is 7.58. The number of aliphatic hydroxyl groups excluding tert-OH is 1. The molecule has 0 fully saturated rings. The van der Waals surface area contributed by atoms with Gasteiger partial charge in [0.05, 0.1) is 16.5 Å². The average Bonchev–Trinajstić information content (AvgIpc) is 2.70. The lowest BCUT2D eigenvalue weighted by Gasteiger charge is -1.99. The molecule has 0 saturated heterocycles. The van der Waals surface area contributed by atoms with Crippen LogP contribution in [0.1, 0.15) is 4.88 Å². The highest BCUT2D eigenvalue weighted by Gasteiger charge is 2.11. The first-order valence-corrected chi connectivity index (χ1v) is 5.41. The van der Waals surface area contributed by atoms with Crippen LogP contribution in [0.3, 0.4) is 0 Å². The first-order valence-electron chi connectivity index (χ1n) is 4.22. The van der Waals surface area contributed by atoms with Crippen molar-refractivity contribution in [3.8, 4) is 10.6 Å². The van der Waals surface area contributed by atoms with Crippen molar-refractivity contribution in [2.75, 3.05) is 0 Å². The first-order chi connectivity index (χ1) is 7.22. The zero-order chi connectivity index (χ0) is 10.8. The molecule has 0 aliphatic rings. The van der Waals surface area contributed by atoms with Crippen LogP contribution in [0.25, 0.3) is 10.6 Å². The van der Waals surface area contributed by atoms with E-state index in [-0.39, 0.29) is 11.6 Å². The lowest BCUT2D eigenvalue weighted by Crippen LogP contribution is -1.83. The highest BCUT2D eigenvalue weighted by atomic mass is 35.5. The number of rotatable bonds is 2. The van der Waals surface area contributed by atoms with Crippen molar-refractivity contribution in [2.45, 2.75) is 6.61 Å². The fourth-order valence-corrected chi connectivity index (χ4v) is 2.14. The SMILES string of the molecule is OCc1cnc(-c2cccc(Cl)c2F)s1. The van der Waals surface area contributed by atoms with Gasteiger partial charge in [-0.1, -0.05) is 17.7 Å². The van der Waals surface area contributed by atoms with Gasteiger partial charge in [-0.25, -0.2) is 9.37 Å². The lowest BCUT2D eigenvalue weighted by atomic mass is 10.2. The van der Waals surface area contributed by atoms with E-state index in [2.05, 4.69) is 4.98 Å². The number of nitrogens with zero attached hydrogens (tertiary/aromatic N) is 1. The van der Waals surface area contributed by atoms with E-state index in [1.54, 1.807) is 12.1 Å². The lowest BCUT2D eigenvalue weighted by molar-refractivity contribution is 0.285. The number of benzene rings is 1. The summed E-state index contributed by atoms with van der Waals surface area (Å²) in [4.78, 5) is 4.72. The molecule has 0 bridgehead atoms. The monoisotopic (exact) mass is 243 g/mol. The summed E-state index contributed by atoms with van der Waals surface area (Å²) in [6, 6.07) is 4.77. The topological polar surface area (TPSA) is 33.1 Å². The predicted molar refractivity (Wildman–Crippen MR) is 58.4 cm³/mol. The fraction of sp³-hybridized carbons (Fsp3) is 0.100. The van der Waals surface area contributed by atoms with Gasteiger partial charge in [0.25, 0.3) is 0 Å². The molecule has 2 nitrogen and oxygen atoms in total. The Morgan fingerprint density at radius 3 is 2.93 bits per heavy atom. The summed E-state index contributed by atoms with van der Waals surface area (Å²) < 4.78 is 13.6. The summed E-state index contributed by atoms with van der Waals surface area (Å²) in [6.45, 7) is -0.0835. The van der Waals surface area contributed by atoms with E-state index >= 15 is 0 Å². The Morgan fingerprint density at radius 2 is 2.27 bits per heavy atom. The molecule has 0 radical (unpaired) electrons. The van der Waals surface area contributed by atoms with Crippen LogP contribution >= 0.6 is 22.9 Å². The van der Waals surface area contributed by atoms with E-state index in [0.717, 1.165) is 0 Å². The van der Waals surface area contributed by atoms with Gasteiger partial charge < -0.3 is 5.11 Å². The molecule has 2 aromatic rings. The van der Waals surface area contributed by atoms with Gasteiger partial charge in [0.1, 0.15) is 5.01 Å². The van der Waals surface area contributed by atoms with Crippen LogP contribution < -0.4 is 0 Å². The second kappa shape index (κ2) is 4.26. The number of hydrogen-bond acceptors (Lipinski definition) is 3. The van der Waals surface area contributed by atoms with Crippen molar-refractivity contribution in [1.29, 1.82) is 0 Å². The molecule has 0 aliphatic heterocycles. The van der Waals surface area contributed by atoms with Gasteiger partial charge in [-0.05, 0) is 12.1 Å². The Morgan fingerprint density at radius 1 is 1.47 bits per heavy atom. The number of hydrogen-bond donors (Lipinski definition) is 1. The highest BCUT2D eigenvalue weighted by molar-refractivity contribution is 7.15. The molecule has 1 N–H and O–H groups in total. The van der Waals surface area contributed by atoms with Gasteiger partial charge in [0.2, 0.25) is 0 Å². The van der Waals surface area contributed by atoms with Gasteiger partial charge >= 0.3 is 0 Å². The van der Waals surface area contributed by atoms with Gasteiger partial charge in [0, 0.05) is 11.8 Å². The number of thiazole rings is 1. The quantitative estimate of drug-likeness (QED) is 0.879. The van der Waals surface area contributed by atoms with Crippen LogP contribution in [-0.2, 0) is 6.61 Å². The summed E-state index contributed by atoms with van der Waals surface area (Å²) in [5.74, 6) is -0.474. The first kappa shape index (κ1) is 10.5. The van der Waals surface area contributed by atoms with E-state index in [0.29, 0.717) is 15.4 Å². The molecule has 1 heterocycles. The van der Waals surface area contributed by atoms with Crippen LogP contribution in [0.4, 0.5) is 4.39 Å². The van der Waals surface area contributed by atoms with Gasteiger partial charge in [-0.2, -0.15) is 0 Å². The summed E-state index contributed by atoms with van der Waals surface area (Å²) in [5.41, 5.74) is 0.368. The third-order valence-corrected chi connectivity index (χ3v) is 3.20. The molecule has 0 spiro atoms. The van der Waals surface area contributed by atoms with Crippen LogP contribution in [0.15, 0.2) is 24.4 Å². The molecule has 0 unspecified atom stereocenters.